The van der Waals surface area contributed by atoms with Crippen LogP contribution < -0.4 is 4.74 Å². The van der Waals surface area contributed by atoms with Gasteiger partial charge in [0.1, 0.15) is 30.0 Å². The Labute approximate surface area is 190 Å². The van der Waals surface area contributed by atoms with Gasteiger partial charge in [0.2, 0.25) is 0 Å². The first kappa shape index (κ1) is 21.1. The van der Waals surface area contributed by atoms with E-state index in [0.717, 1.165) is 48.1 Å². The monoisotopic (exact) mass is 451 g/mol. The number of nitrogens with zero attached hydrogens (tertiary/aromatic N) is 5. The molecule has 0 radical (unpaired) electrons. The molecule has 3 heterocycles. The zero-order chi connectivity index (χ0) is 22.9. The van der Waals surface area contributed by atoms with Crippen molar-refractivity contribution in [3.63, 3.8) is 0 Å². The topological polar surface area (TPSA) is 64.2 Å². The van der Waals surface area contributed by atoms with Gasteiger partial charge in [-0.05, 0) is 50.1 Å². The van der Waals surface area contributed by atoms with Gasteiger partial charge in [0.05, 0.1) is 30.5 Å². The number of amidine groups is 1. The van der Waals surface area contributed by atoms with E-state index in [0.29, 0.717) is 18.2 Å². The summed E-state index contributed by atoms with van der Waals surface area (Å²) in [7, 11) is 1.62. The van der Waals surface area contributed by atoms with E-state index in [9.17, 15) is 8.78 Å². The lowest BCUT2D eigenvalue weighted by atomic mass is 9.97. The number of halogens is 2. The minimum atomic E-state index is -0.649. The van der Waals surface area contributed by atoms with E-state index >= 15 is 0 Å². The number of methoxy groups -OCH3 is 1. The number of ether oxygens (including phenoxy) is 1. The summed E-state index contributed by atoms with van der Waals surface area (Å²) in [5.74, 6) is 0.0560. The van der Waals surface area contributed by atoms with Crippen molar-refractivity contribution in [3.8, 4) is 11.4 Å². The average Bonchev–Trinajstić information content (AvgIpc) is 3.24. The van der Waals surface area contributed by atoms with E-state index < -0.39 is 11.6 Å². The molecule has 1 fully saturated rings. The summed E-state index contributed by atoms with van der Waals surface area (Å²) in [6, 6.07) is 8.97. The van der Waals surface area contributed by atoms with Crippen molar-refractivity contribution in [3.05, 3.63) is 71.8 Å². The number of aromatic nitrogens is 2. The highest BCUT2D eigenvalue weighted by molar-refractivity contribution is 6.04. The highest BCUT2D eigenvalue weighted by atomic mass is 19.1. The Kier molecular flexibility index (Phi) is 5.53. The largest absolute Gasteiger partial charge is 0.495 e. The molecule has 1 saturated heterocycles. The fourth-order valence-corrected chi connectivity index (χ4v) is 4.30. The molecule has 2 aromatic carbocycles. The molecule has 170 valence electrons. The van der Waals surface area contributed by atoms with Gasteiger partial charge in [-0.15, -0.1) is 0 Å². The number of aryl methyl sites for hydroxylation is 1. The first-order valence-electron chi connectivity index (χ1n) is 10.7. The lowest BCUT2D eigenvalue weighted by molar-refractivity contribution is 0.0793. The quantitative estimate of drug-likeness (QED) is 0.590. The van der Waals surface area contributed by atoms with E-state index in [2.05, 4.69) is 20.0 Å². The molecule has 0 aliphatic carbocycles. The van der Waals surface area contributed by atoms with Crippen LogP contribution in [-0.4, -0.2) is 52.3 Å². The Balaban J connectivity index is 1.47. The number of piperidine rings is 1. The van der Waals surface area contributed by atoms with Crippen LogP contribution in [0.1, 0.15) is 24.1 Å². The molecule has 1 unspecified atom stereocenters. The van der Waals surface area contributed by atoms with Gasteiger partial charge in [0.15, 0.2) is 5.84 Å². The highest BCUT2D eigenvalue weighted by Crippen LogP contribution is 2.29. The number of hydrogen-bond acceptors (Lipinski definition) is 6. The predicted molar refractivity (Wildman–Crippen MR) is 121 cm³/mol. The summed E-state index contributed by atoms with van der Waals surface area (Å²) < 4.78 is 34.8. The number of hydrogen-bond donors (Lipinski definition) is 0. The van der Waals surface area contributed by atoms with Crippen LogP contribution in [0, 0.1) is 18.6 Å². The molecule has 1 atom stereocenters. The zero-order valence-corrected chi connectivity index (χ0v) is 18.3. The molecule has 5 rings (SSSR count). The Morgan fingerprint density at radius 2 is 1.97 bits per heavy atom. The van der Waals surface area contributed by atoms with Crippen LogP contribution >= 0.6 is 0 Å². The van der Waals surface area contributed by atoms with Crippen molar-refractivity contribution in [2.75, 3.05) is 20.3 Å². The van der Waals surface area contributed by atoms with Crippen LogP contribution in [-0.2, 0) is 4.84 Å². The molecule has 3 aromatic rings. The maximum Gasteiger partial charge on any atom is 0.176 e. The van der Waals surface area contributed by atoms with Crippen LogP contribution in [0.4, 0.5) is 14.5 Å². The summed E-state index contributed by atoms with van der Waals surface area (Å²) in [6.45, 7) is 3.02. The molecule has 9 heteroatoms. The highest BCUT2D eigenvalue weighted by Gasteiger charge is 2.35. The molecule has 0 N–H and O–H groups in total. The molecular weight excluding hydrogens is 428 g/mol. The molecule has 1 aromatic heterocycles. The van der Waals surface area contributed by atoms with E-state index in [4.69, 9.17) is 9.57 Å². The van der Waals surface area contributed by atoms with Crippen molar-refractivity contribution < 1.29 is 18.4 Å². The van der Waals surface area contributed by atoms with Crippen LogP contribution in [0.25, 0.3) is 5.69 Å². The summed E-state index contributed by atoms with van der Waals surface area (Å²) >= 11 is 0. The van der Waals surface area contributed by atoms with Gasteiger partial charge in [0, 0.05) is 30.1 Å². The van der Waals surface area contributed by atoms with Crippen molar-refractivity contribution in [2.24, 2.45) is 10.1 Å². The van der Waals surface area contributed by atoms with Gasteiger partial charge in [0.25, 0.3) is 0 Å². The summed E-state index contributed by atoms with van der Waals surface area (Å²) in [5, 5.41) is 4.33. The van der Waals surface area contributed by atoms with Gasteiger partial charge in [-0.3, -0.25) is 4.99 Å². The molecule has 0 bridgehead atoms. The zero-order valence-electron chi connectivity index (χ0n) is 18.3. The smallest absolute Gasteiger partial charge is 0.176 e. The minimum Gasteiger partial charge on any atom is -0.495 e. The number of oxime groups is 1. The van der Waals surface area contributed by atoms with E-state index in [1.807, 2.05) is 35.9 Å². The summed E-state index contributed by atoms with van der Waals surface area (Å²) in [6.07, 6.45) is 5.23. The third-order valence-corrected chi connectivity index (χ3v) is 5.80. The Morgan fingerprint density at radius 3 is 2.70 bits per heavy atom. The first-order chi connectivity index (χ1) is 16.0. The Morgan fingerprint density at radius 1 is 1.15 bits per heavy atom. The SMILES string of the molecule is COc1cc(C2=NOCC3/C(=N/c4cc(F)cc(F)c4)CCCN23)ccc1-n1cnc(C)c1. The normalized spacial score (nSPS) is 19.2. The molecule has 0 spiro atoms. The fraction of sp³-hybridized carbons (Fsp3) is 0.292. The van der Waals surface area contributed by atoms with Gasteiger partial charge < -0.3 is 19.0 Å². The lowest BCUT2D eigenvalue weighted by Gasteiger charge is -2.40. The lowest BCUT2D eigenvalue weighted by Crippen LogP contribution is -2.53. The number of benzene rings is 2. The summed E-state index contributed by atoms with van der Waals surface area (Å²) in [5.41, 5.74) is 3.69. The summed E-state index contributed by atoms with van der Waals surface area (Å²) in [4.78, 5) is 16.6. The van der Waals surface area contributed by atoms with E-state index in [1.54, 1.807) is 13.4 Å². The molecular formula is C24H23F2N5O2. The predicted octanol–water partition coefficient (Wildman–Crippen LogP) is 4.40. The van der Waals surface area contributed by atoms with Crippen molar-refractivity contribution in [2.45, 2.75) is 25.8 Å². The number of aliphatic imine (C=N–C) groups is 1. The third kappa shape index (κ3) is 4.18. The third-order valence-electron chi connectivity index (χ3n) is 5.80. The second-order valence-electron chi connectivity index (χ2n) is 8.06. The van der Waals surface area contributed by atoms with Gasteiger partial charge in [-0.25, -0.2) is 13.8 Å². The molecule has 7 nitrogen and oxygen atoms in total. The Hall–Kier alpha value is -3.75. The van der Waals surface area contributed by atoms with Crippen LogP contribution in [0.15, 0.2) is 59.1 Å². The number of fused-ring (bicyclic) bond motifs is 1. The van der Waals surface area contributed by atoms with Gasteiger partial charge in [-0.2, -0.15) is 0 Å². The van der Waals surface area contributed by atoms with Gasteiger partial charge in [-0.1, -0.05) is 5.16 Å². The maximum absolute atomic E-state index is 13.6. The van der Waals surface area contributed by atoms with E-state index in [-0.39, 0.29) is 11.7 Å². The molecule has 2 aliphatic rings. The van der Waals surface area contributed by atoms with Crippen molar-refractivity contribution in [1.82, 2.24) is 14.5 Å². The van der Waals surface area contributed by atoms with Gasteiger partial charge >= 0.3 is 0 Å². The van der Waals surface area contributed by atoms with E-state index in [1.165, 1.54) is 12.1 Å². The number of imidazole rings is 1. The minimum absolute atomic E-state index is 0.167. The number of rotatable bonds is 4. The van der Waals surface area contributed by atoms with Crippen LogP contribution in [0.3, 0.4) is 0 Å². The van der Waals surface area contributed by atoms with Crippen LogP contribution in [0.5, 0.6) is 5.75 Å². The van der Waals surface area contributed by atoms with Crippen molar-refractivity contribution in [1.29, 1.82) is 0 Å². The molecule has 0 amide bonds. The standard InChI is InChI=1S/C24H23F2N5O2/c1-15-12-30(14-27-15)21-6-5-16(8-23(21)32-2)24-29-33-13-22-20(4-3-7-31(22)24)28-19-10-17(25)9-18(26)11-19/h5-6,8-12,14,22H,3-4,7,13H2,1-2H3/b28-20+. The van der Waals surface area contributed by atoms with Crippen LogP contribution in [0.2, 0.25) is 0 Å². The maximum atomic E-state index is 13.6. The second kappa shape index (κ2) is 8.65. The second-order valence-corrected chi connectivity index (χ2v) is 8.06. The molecule has 0 saturated carbocycles. The fourth-order valence-electron chi connectivity index (χ4n) is 4.30. The first-order valence-corrected chi connectivity index (χ1v) is 10.7. The Bertz CT molecular complexity index is 1230. The average molecular weight is 451 g/mol. The molecule has 2 aliphatic heterocycles. The molecule has 33 heavy (non-hydrogen) atoms. The van der Waals surface area contributed by atoms with Crippen molar-refractivity contribution >= 4 is 17.2 Å².